The molecule has 1 rings (SSSR count). The number of anilines is 1. The molecular weight excluding hydrogens is 272 g/mol. The number of hydrogen-bond acceptors (Lipinski definition) is 3. The predicted octanol–water partition coefficient (Wildman–Crippen LogP) is 1.91. The second-order valence-corrected chi connectivity index (χ2v) is 4.76. The Morgan fingerprint density at radius 1 is 1.05 bits per heavy atom. The first-order valence-electron chi connectivity index (χ1n) is 6.82. The number of nitrogens with one attached hydrogen (secondary N) is 2. The van der Waals surface area contributed by atoms with Gasteiger partial charge in [-0.25, -0.2) is 0 Å². The lowest BCUT2D eigenvalue weighted by atomic mass is 10.1. The van der Waals surface area contributed by atoms with Gasteiger partial charge < -0.3 is 15.7 Å². The largest absolute Gasteiger partial charge is 0.481 e. The fraction of sp³-hybridized carbons (Fsp3) is 0.400. The van der Waals surface area contributed by atoms with Gasteiger partial charge >= 0.3 is 5.97 Å². The summed E-state index contributed by atoms with van der Waals surface area (Å²) >= 11 is 0. The van der Waals surface area contributed by atoms with E-state index in [9.17, 15) is 14.4 Å². The van der Waals surface area contributed by atoms with Gasteiger partial charge in [0.05, 0.1) is 0 Å². The lowest BCUT2D eigenvalue weighted by molar-refractivity contribution is -0.137. The third kappa shape index (κ3) is 7.71. The summed E-state index contributed by atoms with van der Waals surface area (Å²) in [5.74, 6) is -1.06. The van der Waals surface area contributed by atoms with Crippen molar-refractivity contribution in [1.29, 1.82) is 0 Å². The highest BCUT2D eigenvalue weighted by Crippen LogP contribution is 2.09. The Labute approximate surface area is 123 Å². The summed E-state index contributed by atoms with van der Waals surface area (Å²) < 4.78 is 0. The molecule has 0 atom stereocenters. The van der Waals surface area contributed by atoms with Crippen molar-refractivity contribution in [2.45, 2.75) is 39.2 Å². The first-order chi connectivity index (χ1) is 9.97. The number of unbranched alkanes of at least 4 members (excludes halogenated alkanes) is 1. The van der Waals surface area contributed by atoms with Crippen molar-refractivity contribution in [2.24, 2.45) is 0 Å². The van der Waals surface area contributed by atoms with E-state index < -0.39 is 5.97 Å². The molecule has 0 spiro atoms. The Hall–Kier alpha value is -2.37. The summed E-state index contributed by atoms with van der Waals surface area (Å²) in [5, 5.41) is 13.9. The maximum atomic E-state index is 11.6. The standard InChI is InChI=1S/C15H20N2O4/c1-11(18)17-13-8-6-12(7-9-13)10-16-14(19)4-2-3-5-15(20)21/h6-9H,2-5,10H2,1H3,(H,16,19)(H,17,18)(H,20,21). The smallest absolute Gasteiger partial charge is 0.303 e. The number of carboxylic acids is 1. The van der Waals surface area contributed by atoms with Crippen LogP contribution in [0.15, 0.2) is 24.3 Å². The van der Waals surface area contributed by atoms with E-state index in [1.807, 2.05) is 12.1 Å². The highest BCUT2D eigenvalue weighted by molar-refractivity contribution is 5.88. The second-order valence-electron chi connectivity index (χ2n) is 4.76. The molecule has 0 aliphatic carbocycles. The quantitative estimate of drug-likeness (QED) is 0.638. The van der Waals surface area contributed by atoms with Crippen LogP contribution in [0.5, 0.6) is 0 Å². The van der Waals surface area contributed by atoms with E-state index in [4.69, 9.17) is 5.11 Å². The van der Waals surface area contributed by atoms with E-state index in [0.29, 0.717) is 31.5 Å². The lowest BCUT2D eigenvalue weighted by Crippen LogP contribution is -2.22. The molecule has 3 N–H and O–H groups in total. The topological polar surface area (TPSA) is 95.5 Å². The number of hydrogen-bond donors (Lipinski definition) is 3. The summed E-state index contributed by atoms with van der Waals surface area (Å²) in [5.41, 5.74) is 1.65. The zero-order valence-corrected chi connectivity index (χ0v) is 12.0. The van der Waals surface area contributed by atoms with E-state index in [1.165, 1.54) is 6.92 Å². The Morgan fingerprint density at radius 2 is 1.67 bits per heavy atom. The number of benzene rings is 1. The van der Waals surface area contributed by atoms with Crippen LogP contribution in [0, 0.1) is 0 Å². The van der Waals surface area contributed by atoms with Crippen molar-refractivity contribution in [1.82, 2.24) is 5.32 Å². The molecule has 6 nitrogen and oxygen atoms in total. The number of carboxylic acid groups (broad SMARTS) is 1. The molecule has 0 aromatic heterocycles. The third-order valence-electron chi connectivity index (χ3n) is 2.81. The Bertz CT molecular complexity index is 497. The summed E-state index contributed by atoms with van der Waals surface area (Å²) in [6, 6.07) is 7.21. The van der Waals surface area contributed by atoms with E-state index in [2.05, 4.69) is 10.6 Å². The van der Waals surface area contributed by atoms with Gasteiger partial charge in [0.2, 0.25) is 11.8 Å². The zero-order chi connectivity index (χ0) is 15.7. The van der Waals surface area contributed by atoms with Gasteiger partial charge in [-0.3, -0.25) is 14.4 Å². The van der Waals surface area contributed by atoms with Gasteiger partial charge in [0.15, 0.2) is 0 Å². The second kappa shape index (κ2) is 8.73. The molecular formula is C15H20N2O4. The number of amides is 2. The molecule has 0 heterocycles. The van der Waals surface area contributed by atoms with Gasteiger partial charge in [0.1, 0.15) is 0 Å². The van der Waals surface area contributed by atoms with Crippen LogP contribution >= 0.6 is 0 Å². The van der Waals surface area contributed by atoms with Crippen LogP contribution in [-0.2, 0) is 20.9 Å². The fourth-order valence-electron chi connectivity index (χ4n) is 1.76. The molecule has 0 unspecified atom stereocenters. The molecule has 0 aliphatic heterocycles. The van der Waals surface area contributed by atoms with Gasteiger partial charge in [-0.2, -0.15) is 0 Å². The van der Waals surface area contributed by atoms with E-state index in [0.717, 1.165) is 5.56 Å². The maximum absolute atomic E-state index is 11.6. The number of carbonyl (C=O) groups is 3. The highest BCUT2D eigenvalue weighted by atomic mass is 16.4. The molecule has 0 bridgehead atoms. The molecule has 2 amide bonds. The fourth-order valence-corrected chi connectivity index (χ4v) is 1.76. The zero-order valence-electron chi connectivity index (χ0n) is 12.0. The van der Waals surface area contributed by atoms with Crippen LogP contribution in [0.1, 0.15) is 38.2 Å². The minimum atomic E-state index is -0.838. The van der Waals surface area contributed by atoms with Crippen LogP contribution in [0.25, 0.3) is 0 Å². The van der Waals surface area contributed by atoms with Gasteiger partial charge in [-0.1, -0.05) is 12.1 Å². The molecule has 1 aromatic rings. The average Bonchev–Trinajstić information content (AvgIpc) is 2.42. The SMILES string of the molecule is CC(=O)Nc1ccc(CNC(=O)CCCCC(=O)O)cc1. The highest BCUT2D eigenvalue weighted by Gasteiger charge is 2.03. The van der Waals surface area contributed by atoms with Crippen molar-refractivity contribution < 1.29 is 19.5 Å². The lowest BCUT2D eigenvalue weighted by Gasteiger charge is -2.07. The van der Waals surface area contributed by atoms with Crippen molar-refractivity contribution >= 4 is 23.5 Å². The van der Waals surface area contributed by atoms with E-state index >= 15 is 0 Å². The van der Waals surface area contributed by atoms with Crippen LogP contribution < -0.4 is 10.6 Å². The monoisotopic (exact) mass is 292 g/mol. The molecule has 114 valence electrons. The first-order valence-corrected chi connectivity index (χ1v) is 6.82. The summed E-state index contributed by atoms with van der Waals surface area (Å²) in [7, 11) is 0. The Morgan fingerprint density at radius 3 is 2.24 bits per heavy atom. The Balaban J connectivity index is 2.26. The number of aliphatic carboxylic acids is 1. The van der Waals surface area contributed by atoms with Crippen LogP contribution in [-0.4, -0.2) is 22.9 Å². The van der Waals surface area contributed by atoms with Crippen molar-refractivity contribution in [2.75, 3.05) is 5.32 Å². The number of rotatable bonds is 8. The maximum Gasteiger partial charge on any atom is 0.303 e. The molecule has 0 radical (unpaired) electrons. The van der Waals surface area contributed by atoms with Gasteiger partial charge in [0.25, 0.3) is 0 Å². The summed E-state index contributed by atoms with van der Waals surface area (Å²) in [6.07, 6.45) is 1.50. The van der Waals surface area contributed by atoms with Crippen molar-refractivity contribution in [3.8, 4) is 0 Å². The first kappa shape index (κ1) is 16.7. The van der Waals surface area contributed by atoms with E-state index in [1.54, 1.807) is 12.1 Å². The van der Waals surface area contributed by atoms with Crippen LogP contribution in [0.4, 0.5) is 5.69 Å². The van der Waals surface area contributed by atoms with E-state index in [-0.39, 0.29) is 18.2 Å². The van der Waals surface area contributed by atoms with Gasteiger partial charge in [0, 0.05) is 32.0 Å². The molecule has 0 aliphatic rings. The molecule has 6 heteroatoms. The molecule has 0 fully saturated rings. The molecule has 21 heavy (non-hydrogen) atoms. The molecule has 0 saturated heterocycles. The summed E-state index contributed by atoms with van der Waals surface area (Å²) in [6.45, 7) is 1.86. The minimum absolute atomic E-state index is 0.0914. The van der Waals surface area contributed by atoms with Gasteiger partial charge in [-0.05, 0) is 30.5 Å². The summed E-state index contributed by atoms with van der Waals surface area (Å²) in [4.78, 5) is 32.8. The van der Waals surface area contributed by atoms with Gasteiger partial charge in [-0.15, -0.1) is 0 Å². The van der Waals surface area contributed by atoms with Crippen molar-refractivity contribution in [3.05, 3.63) is 29.8 Å². The molecule has 1 aromatic carbocycles. The number of carbonyl (C=O) groups excluding carboxylic acids is 2. The Kier molecular flexibility index (Phi) is 6.94. The molecule has 0 saturated carbocycles. The third-order valence-corrected chi connectivity index (χ3v) is 2.81. The normalized spacial score (nSPS) is 9.95. The van der Waals surface area contributed by atoms with Crippen molar-refractivity contribution in [3.63, 3.8) is 0 Å². The minimum Gasteiger partial charge on any atom is -0.481 e. The van der Waals surface area contributed by atoms with Crippen LogP contribution in [0.2, 0.25) is 0 Å². The predicted molar refractivity (Wildman–Crippen MR) is 78.7 cm³/mol. The average molecular weight is 292 g/mol. The van der Waals surface area contributed by atoms with Crippen LogP contribution in [0.3, 0.4) is 0 Å².